The van der Waals surface area contributed by atoms with Crippen molar-refractivity contribution in [3.63, 3.8) is 0 Å². The first-order valence-electron chi connectivity index (χ1n) is 8.55. The van der Waals surface area contributed by atoms with Crippen LogP contribution in [0.5, 0.6) is 0 Å². The third kappa shape index (κ3) is 4.32. The Morgan fingerprint density at radius 3 is 2.65 bits per heavy atom. The van der Waals surface area contributed by atoms with E-state index in [0.717, 1.165) is 33.9 Å². The second kappa shape index (κ2) is 8.30. The van der Waals surface area contributed by atoms with E-state index in [1.54, 1.807) is 12.1 Å². The van der Waals surface area contributed by atoms with Gasteiger partial charge in [-0.05, 0) is 30.2 Å². The smallest absolute Gasteiger partial charge is 0.252 e. The molecule has 1 N–H and O–H groups in total. The Hall–Kier alpha value is -1.74. The molecular formula is C18H22N2O4S2. The summed E-state index contributed by atoms with van der Waals surface area (Å²) in [4.78, 5) is 13.1. The molecule has 3 rings (SSSR count). The Morgan fingerprint density at radius 1 is 1.19 bits per heavy atom. The number of benzene rings is 1. The minimum Gasteiger partial charge on any atom is -0.379 e. The summed E-state index contributed by atoms with van der Waals surface area (Å²) in [5.41, 5.74) is 1.88. The lowest BCUT2D eigenvalue weighted by atomic mass is 10.1. The average Bonchev–Trinajstić information content (AvgIpc) is 3.12. The van der Waals surface area contributed by atoms with E-state index in [1.165, 1.54) is 4.31 Å². The Labute approximate surface area is 157 Å². The van der Waals surface area contributed by atoms with Gasteiger partial charge in [0.2, 0.25) is 5.91 Å². The number of ether oxygens (including phenoxy) is 1. The highest BCUT2D eigenvalue weighted by Crippen LogP contribution is 2.26. The normalized spacial score (nSPS) is 15.7. The van der Waals surface area contributed by atoms with E-state index in [-0.39, 0.29) is 16.5 Å². The molecule has 1 aromatic carbocycles. The third-order valence-electron chi connectivity index (χ3n) is 4.21. The number of hydrogen-bond donors (Lipinski definition) is 1. The molecule has 0 saturated carbocycles. The van der Waals surface area contributed by atoms with Crippen molar-refractivity contribution in [2.24, 2.45) is 0 Å². The van der Waals surface area contributed by atoms with Crippen LogP contribution in [-0.4, -0.2) is 44.9 Å². The molecule has 0 spiro atoms. The highest BCUT2D eigenvalue weighted by atomic mass is 32.2. The zero-order valence-corrected chi connectivity index (χ0v) is 16.2. The monoisotopic (exact) mass is 394 g/mol. The zero-order chi connectivity index (χ0) is 18.6. The van der Waals surface area contributed by atoms with Crippen LogP contribution in [0, 0.1) is 0 Å². The van der Waals surface area contributed by atoms with Gasteiger partial charge in [0.05, 0.1) is 19.6 Å². The summed E-state index contributed by atoms with van der Waals surface area (Å²) in [5.74, 6) is -0.150. The van der Waals surface area contributed by atoms with Crippen LogP contribution >= 0.6 is 11.3 Å². The fraction of sp³-hybridized carbons (Fsp3) is 0.389. The maximum absolute atomic E-state index is 12.6. The van der Waals surface area contributed by atoms with Gasteiger partial charge in [0.25, 0.3) is 10.0 Å². The molecule has 1 aliphatic heterocycles. The maximum Gasteiger partial charge on any atom is 0.252 e. The lowest BCUT2D eigenvalue weighted by Crippen LogP contribution is -2.40. The van der Waals surface area contributed by atoms with Crippen LogP contribution in [0.3, 0.4) is 0 Å². The zero-order valence-electron chi connectivity index (χ0n) is 14.6. The molecule has 2 heterocycles. The van der Waals surface area contributed by atoms with Crippen LogP contribution in [0.1, 0.15) is 17.4 Å². The molecule has 1 fully saturated rings. The lowest BCUT2D eigenvalue weighted by Gasteiger charge is -2.25. The molecule has 1 amide bonds. The molecule has 6 nitrogen and oxygen atoms in total. The second-order valence-corrected chi connectivity index (χ2v) is 9.31. The summed E-state index contributed by atoms with van der Waals surface area (Å²) < 4.78 is 32.2. The number of nitrogens with one attached hydrogen (secondary N) is 1. The Morgan fingerprint density at radius 2 is 1.92 bits per heavy atom. The number of hydrogen-bond acceptors (Lipinski definition) is 5. The summed E-state index contributed by atoms with van der Waals surface area (Å²) in [7, 11) is -3.51. The van der Waals surface area contributed by atoms with Crippen LogP contribution in [0.4, 0.5) is 5.69 Å². The first kappa shape index (κ1) is 19.0. The number of thiophene rings is 1. The van der Waals surface area contributed by atoms with Crippen molar-refractivity contribution in [1.29, 1.82) is 0 Å². The number of para-hydroxylation sites is 1. The number of morpholine rings is 1. The molecule has 0 radical (unpaired) electrons. The quantitative estimate of drug-likeness (QED) is 0.817. The molecule has 0 aliphatic carbocycles. The molecule has 0 unspecified atom stereocenters. The Balaban J connectivity index is 1.67. The van der Waals surface area contributed by atoms with E-state index in [2.05, 4.69) is 5.32 Å². The first-order valence-corrected chi connectivity index (χ1v) is 10.8. The molecule has 2 aromatic rings. The van der Waals surface area contributed by atoms with Gasteiger partial charge in [-0.25, -0.2) is 8.42 Å². The van der Waals surface area contributed by atoms with Gasteiger partial charge in [-0.1, -0.05) is 25.1 Å². The number of amides is 1. The van der Waals surface area contributed by atoms with Crippen LogP contribution in [0.25, 0.3) is 0 Å². The molecule has 0 bridgehead atoms. The van der Waals surface area contributed by atoms with Crippen LogP contribution in [-0.2, 0) is 32.4 Å². The lowest BCUT2D eigenvalue weighted by molar-refractivity contribution is -0.115. The van der Waals surface area contributed by atoms with Gasteiger partial charge in [0.15, 0.2) is 0 Å². The number of anilines is 1. The first-order chi connectivity index (χ1) is 12.5. The fourth-order valence-corrected chi connectivity index (χ4v) is 5.73. The van der Waals surface area contributed by atoms with Gasteiger partial charge in [0, 0.05) is 23.7 Å². The number of rotatable bonds is 6. The molecule has 8 heteroatoms. The summed E-state index contributed by atoms with van der Waals surface area (Å²) >= 11 is 1.15. The Bertz CT molecular complexity index is 871. The van der Waals surface area contributed by atoms with E-state index in [4.69, 9.17) is 4.74 Å². The van der Waals surface area contributed by atoms with Crippen molar-refractivity contribution < 1.29 is 17.9 Å². The summed E-state index contributed by atoms with van der Waals surface area (Å²) in [6.45, 7) is 3.59. The Kier molecular flexibility index (Phi) is 6.08. The van der Waals surface area contributed by atoms with Crippen molar-refractivity contribution in [1.82, 2.24) is 4.31 Å². The molecule has 26 heavy (non-hydrogen) atoms. The summed E-state index contributed by atoms with van der Waals surface area (Å²) in [6.07, 6.45) is 0.985. The number of sulfonamides is 1. The number of carbonyl (C=O) groups is 1. The van der Waals surface area contributed by atoms with E-state index in [0.29, 0.717) is 26.3 Å². The summed E-state index contributed by atoms with van der Waals surface area (Å²) in [6, 6.07) is 11.0. The number of carbonyl (C=O) groups excluding carboxylic acids is 1. The SMILES string of the molecule is CCc1ccccc1NC(=O)Cc1ccc(S(=O)(=O)N2CCOCC2)s1. The highest BCUT2D eigenvalue weighted by Gasteiger charge is 2.27. The minimum atomic E-state index is -3.51. The van der Waals surface area contributed by atoms with Crippen LogP contribution in [0.15, 0.2) is 40.6 Å². The molecular weight excluding hydrogens is 372 g/mol. The van der Waals surface area contributed by atoms with Crippen molar-refractivity contribution in [2.75, 3.05) is 31.6 Å². The number of nitrogens with zero attached hydrogens (tertiary/aromatic N) is 1. The van der Waals surface area contributed by atoms with Crippen molar-refractivity contribution >= 4 is 33.0 Å². The van der Waals surface area contributed by atoms with Crippen LogP contribution < -0.4 is 5.32 Å². The summed E-state index contributed by atoms with van der Waals surface area (Å²) in [5, 5.41) is 2.91. The highest BCUT2D eigenvalue weighted by molar-refractivity contribution is 7.91. The predicted molar refractivity (Wildman–Crippen MR) is 102 cm³/mol. The molecule has 140 valence electrons. The topological polar surface area (TPSA) is 75.7 Å². The molecule has 1 saturated heterocycles. The largest absolute Gasteiger partial charge is 0.379 e. The molecule has 0 atom stereocenters. The van der Waals surface area contributed by atoms with Crippen molar-refractivity contribution in [3.05, 3.63) is 46.8 Å². The fourth-order valence-electron chi connectivity index (χ4n) is 2.81. The molecule has 1 aromatic heterocycles. The second-order valence-electron chi connectivity index (χ2n) is 5.97. The van der Waals surface area contributed by atoms with E-state index in [1.807, 2.05) is 31.2 Å². The van der Waals surface area contributed by atoms with Crippen molar-refractivity contribution in [2.45, 2.75) is 24.0 Å². The standard InChI is InChI=1S/C18H22N2O4S2/c1-2-14-5-3-4-6-16(14)19-17(21)13-15-7-8-18(25-15)26(22,23)20-9-11-24-12-10-20/h3-8H,2,9-13H2,1H3,(H,19,21). The van der Waals surface area contributed by atoms with Gasteiger partial charge >= 0.3 is 0 Å². The van der Waals surface area contributed by atoms with E-state index < -0.39 is 10.0 Å². The maximum atomic E-state index is 12.6. The van der Waals surface area contributed by atoms with Crippen molar-refractivity contribution in [3.8, 4) is 0 Å². The van der Waals surface area contributed by atoms with Gasteiger partial charge in [-0.3, -0.25) is 4.79 Å². The van der Waals surface area contributed by atoms with E-state index in [9.17, 15) is 13.2 Å². The third-order valence-corrected chi connectivity index (χ3v) is 7.66. The van der Waals surface area contributed by atoms with Gasteiger partial charge < -0.3 is 10.1 Å². The van der Waals surface area contributed by atoms with Gasteiger partial charge in [-0.15, -0.1) is 11.3 Å². The van der Waals surface area contributed by atoms with E-state index >= 15 is 0 Å². The predicted octanol–water partition coefficient (Wildman–Crippen LogP) is 2.51. The van der Waals surface area contributed by atoms with Gasteiger partial charge in [0.1, 0.15) is 4.21 Å². The average molecular weight is 395 g/mol. The van der Waals surface area contributed by atoms with Gasteiger partial charge in [-0.2, -0.15) is 4.31 Å². The van der Waals surface area contributed by atoms with Crippen LogP contribution in [0.2, 0.25) is 0 Å². The molecule has 1 aliphatic rings. The number of aryl methyl sites for hydroxylation is 1. The minimum absolute atomic E-state index is 0.150.